The van der Waals surface area contributed by atoms with Crippen LogP contribution >= 0.6 is 15.9 Å². The van der Waals surface area contributed by atoms with Gasteiger partial charge in [0.2, 0.25) is 0 Å². The number of quaternary nitrogens is 1. The number of ether oxygens (including phenoxy) is 2. The lowest BCUT2D eigenvalue weighted by atomic mass is 10.2. The SMILES string of the molecule is Cc1cc(Br)ccc1OCCCC[NH+]1CCOCC1. The zero-order chi connectivity index (χ0) is 13.5. The highest BCUT2D eigenvalue weighted by Crippen LogP contribution is 2.22. The molecule has 1 N–H and O–H groups in total. The summed E-state index contributed by atoms with van der Waals surface area (Å²) < 4.78 is 12.3. The van der Waals surface area contributed by atoms with E-state index in [2.05, 4.69) is 28.9 Å². The Morgan fingerprint density at radius 3 is 2.79 bits per heavy atom. The number of nitrogens with one attached hydrogen (secondary N) is 1. The highest BCUT2D eigenvalue weighted by Gasteiger charge is 2.12. The molecule has 1 aromatic rings. The van der Waals surface area contributed by atoms with Crippen molar-refractivity contribution in [2.24, 2.45) is 0 Å². The normalized spacial score (nSPS) is 16.5. The summed E-state index contributed by atoms with van der Waals surface area (Å²) in [5.74, 6) is 1.00. The fourth-order valence-electron chi connectivity index (χ4n) is 2.34. The molecule has 1 heterocycles. The summed E-state index contributed by atoms with van der Waals surface area (Å²) in [5.41, 5.74) is 1.19. The second-order valence-electron chi connectivity index (χ2n) is 5.08. The Bertz CT molecular complexity index is 392. The van der Waals surface area contributed by atoms with Crippen molar-refractivity contribution in [2.75, 3.05) is 39.5 Å². The zero-order valence-electron chi connectivity index (χ0n) is 11.6. The maximum absolute atomic E-state index is 5.83. The topological polar surface area (TPSA) is 22.9 Å². The van der Waals surface area contributed by atoms with E-state index in [0.717, 1.165) is 49.6 Å². The van der Waals surface area contributed by atoms with Crippen LogP contribution in [-0.4, -0.2) is 39.5 Å². The van der Waals surface area contributed by atoms with Crippen molar-refractivity contribution in [3.05, 3.63) is 28.2 Å². The average Bonchev–Trinajstić information content (AvgIpc) is 2.42. The van der Waals surface area contributed by atoms with Crippen LogP contribution in [0.2, 0.25) is 0 Å². The number of morpholine rings is 1. The van der Waals surface area contributed by atoms with E-state index in [0.29, 0.717) is 0 Å². The molecule has 106 valence electrons. The Labute approximate surface area is 124 Å². The van der Waals surface area contributed by atoms with E-state index in [9.17, 15) is 0 Å². The van der Waals surface area contributed by atoms with Crippen LogP contribution in [0.25, 0.3) is 0 Å². The van der Waals surface area contributed by atoms with Gasteiger partial charge in [-0.15, -0.1) is 0 Å². The number of rotatable bonds is 6. The van der Waals surface area contributed by atoms with E-state index < -0.39 is 0 Å². The summed E-state index contributed by atoms with van der Waals surface area (Å²) in [5, 5.41) is 0. The Morgan fingerprint density at radius 2 is 2.05 bits per heavy atom. The molecule has 0 bridgehead atoms. The molecule has 1 aromatic carbocycles. The molecule has 0 unspecified atom stereocenters. The van der Waals surface area contributed by atoms with E-state index in [1.54, 1.807) is 4.90 Å². The molecule has 1 aliphatic rings. The van der Waals surface area contributed by atoms with Crippen LogP contribution in [0.15, 0.2) is 22.7 Å². The number of hydrogen-bond acceptors (Lipinski definition) is 2. The molecule has 4 heteroatoms. The third-order valence-corrected chi connectivity index (χ3v) is 4.01. The van der Waals surface area contributed by atoms with Crippen LogP contribution in [0.1, 0.15) is 18.4 Å². The van der Waals surface area contributed by atoms with E-state index in [1.165, 1.54) is 18.5 Å². The van der Waals surface area contributed by atoms with Gasteiger partial charge in [0.15, 0.2) is 0 Å². The van der Waals surface area contributed by atoms with Crippen molar-refractivity contribution < 1.29 is 14.4 Å². The lowest BCUT2D eigenvalue weighted by molar-refractivity contribution is -0.908. The van der Waals surface area contributed by atoms with Crippen LogP contribution in [-0.2, 0) is 4.74 Å². The van der Waals surface area contributed by atoms with Crippen LogP contribution in [0.4, 0.5) is 0 Å². The van der Waals surface area contributed by atoms with Crippen molar-refractivity contribution in [2.45, 2.75) is 19.8 Å². The quantitative estimate of drug-likeness (QED) is 0.805. The molecule has 1 saturated heterocycles. The van der Waals surface area contributed by atoms with Crippen molar-refractivity contribution >= 4 is 15.9 Å². The van der Waals surface area contributed by atoms with Gasteiger partial charge in [0.05, 0.1) is 26.4 Å². The fourth-order valence-corrected chi connectivity index (χ4v) is 2.82. The molecule has 3 nitrogen and oxygen atoms in total. The summed E-state index contributed by atoms with van der Waals surface area (Å²) in [4.78, 5) is 1.67. The first-order valence-electron chi connectivity index (χ1n) is 7.06. The third-order valence-electron chi connectivity index (χ3n) is 3.52. The molecule has 1 fully saturated rings. The molecular formula is C15H23BrNO2+. The van der Waals surface area contributed by atoms with Gasteiger partial charge in [0, 0.05) is 4.47 Å². The maximum atomic E-state index is 5.83. The second-order valence-corrected chi connectivity index (χ2v) is 5.99. The summed E-state index contributed by atoms with van der Waals surface area (Å²) in [6.45, 7) is 8.30. The standard InChI is InChI=1S/C15H22BrNO2/c1-13-12-14(16)4-5-15(13)19-9-3-2-6-17-7-10-18-11-8-17/h4-5,12H,2-3,6-11H2,1H3/p+1. The summed E-state index contributed by atoms with van der Waals surface area (Å²) in [6, 6.07) is 6.15. The molecule has 1 aliphatic heterocycles. The molecular weight excluding hydrogens is 306 g/mol. The predicted octanol–water partition coefficient (Wildman–Crippen LogP) is 1.83. The molecule has 0 saturated carbocycles. The van der Waals surface area contributed by atoms with Crippen LogP contribution < -0.4 is 9.64 Å². The van der Waals surface area contributed by atoms with Gasteiger partial charge in [0.1, 0.15) is 18.8 Å². The first kappa shape index (κ1) is 14.8. The van der Waals surface area contributed by atoms with E-state index in [-0.39, 0.29) is 0 Å². The molecule has 0 aliphatic carbocycles. The van der Waals surface area contributed by atoms with Crippen molar-refractivity contribution in [1.29, 1.82) is 0 Å². The first-order valence-corrected chi connectivity index (χ1v) is 7.85. The van der Waals surface area contributed by atoms with Crippen LogP contribution in [0, 0.1) is 6.92 Å². The Kier molecular flexibility index (Phi) is 6.14. The van der Waals surface area contributed by atoms with Gasteiger partial charge in [-0.2, -0.15) is 0 Å². The van der Waals surface area contributed by atoms with Gasteiger partial charge in [-0.3, -0.25) is 0 Å². The number of aryl methyl sites for hydroxylation is 1. The maximum Gasteiger partial charge on any atom is 0.122 e. The minimum Gasteiger partial charge on any atom is -0.493 e. The minimum absolute atomic E-state index is 0.812. The number of unbranched alkanes of at least 4 members (excludes halogenated alkanes) is 1. The van der Waals surface area contributed by atoms with Crippen molar-refractivity contribution in [3.63, 3.8) is 0 Å². The fraction of sp³-hybridized carbons (Fsp3) is 0.600. The largest absolute Gasteiger partial charge is 0.493 e. The number of halogens is 1. The second kappa shape index (κ2) is 7.88. The van der Waals surface area contributed by atoms with Crippen molar-refractivity contribution in [3.8, 4) is 5.75 Å². The van der Waals surface area contributed by atoms with Gasteiger partial charge >= 0.3 is 0 Å². The molecule has 2 rings (SSSR count). The van der Waals surface area contributed by atoms with E-state index in [4.69, 9.17) is 9.47 Å². The smallest absolute Gasteiger partial charge is 0.122 e. The van der Waals surface area contributed by atoms with Crippen LogP contribution in [0.5, 0.6) is 5.75 Å². The number of benzene rings is 1. The summed E-state index contributed by atoms with van der Waals surface area (Å²) in [6.07, 6.45) is 2.35. The molecule has 19 heavy (non-hydrogen) atoms. The van der Waals surface area contributed by atoms with E-state index >= 15 is 0 Å². The Balaban J connectivity index is 1.61. The summed E-state index contributed by atoms with van der Waals surface area (Å²) in [7, 11) is 0. The monoisotopic (exact) mass is 328 g/mol. The summed E-state index contributed by atoms with van der Waals surface area (Å²) >= 11 is 3.46. The molecule has 0 radical (unpaired) electrons. The highest BCUT2D eigenvalue weighted by molar-refractivity contribution is 9.10. The average molecular weight is 329 g/mol. The lowest BCUT2D eigenvalue weighted by Crippen LogP contribution is -3.14. The van der Waals surface area contributed by atoms with Crippen LogP contribution in [0.3, 0.4) is 0 Å². The molecule has 0 aromatic heterocycles. The lowest BCUT2D eigenvalue weighted by Gasteiger charge is -2.23. The molecule has 0 amide bonds. The van der Waals surface area contributed by atoms with Gasteiger partial charge in [-0.05, 0) is 43.5 Å². The van der Waals surface area contributed by atoms with Crippen molar-refractivity contribution in [1.82, 2.24) is 0 Å². The molecule has 0 atom stereocenters. The Morgan fingerprint density at radius 1 is 1.26 bits per heavy atom. The highest BCUT2D eigenvalue weighted by atomic mass is 79.9. The minimum atomic E-state index is 0.812. The van der Waals surface area contributed by atoms with Gasteiger partial charge in [-0.25, -0.2) is 0 Å². The van der Waals surface area contributed by atoms with Gasteiger partial charge < -0.3 is 14.4 Å². The van der Waals surface area contributed by atoms with E-state index in [1.807, 2.05) is 12.1 Å². The Hall–Kier alpha value is -0.580. The molecule has 0 spiro atoms. The van der Waals surface area contributed by atoms with Gasteiger partial charge in [0.25, 0.3) is 0 Å². The number of hydrogen-bond donors (Lipinski definition) is 1. The zero-order valence-corrected chi connectivity index (χ0v) is 13.2. The predicted molar refractivity (Wildman–Crippen MR) is 80.0 cm³/mol. The first-order chi connectivity index (χ1) is 9.25. The van der Waals surface area contributed by atoms with Gasteiger partial charge in [-0.1, -0.05) is 15.9 Å². The third kappa shape index (κ3) is 5.13.